The number of benzene rings is 1. The molecule has 0 bridgehead atoms. The monoisotopic (exact) mass is 182 g/mol. The highest BCUT2D eigenvalue weighted by atomic mass is 32.1. The predicted molar refractivity (Wildman–Crippen MR) is 46.6 cm³/mol. The topological polar surface area (TPSA) is 17.1 Å². The van der Waals surface area contributed by atoms with Crippen molar-refractivity contribution in [1.29, 1.82) is 0 Å². The van der Waals surface area contributed by atoms with E-state index in [1.807, 2.05) is 0 Å². The van der Waals surface area contributed by atoms with E-state index in [9.17, 15) is 9.18 Å². The van der Waals surface area contributed by atoms with E-state index in [4.69, 9.17) is 0 Å². The lowest BCUT2D eigenvalue weighted by molar-refractivity contribution is 0.0896. The number of hydrogen-bond acceptors (Lipinski definition) is 2. The van der Waals surface area contributed by atoms with Crippen LogP contribution in [0.1, 0.15) is 15.9 Å². The summed E-state index contributed by atoms with van der Waals surface area (Å²) in [6.45, 7) is 0. The summed E-state index contributed by atoms with van der Waals surface area (Å²) in [6, 6.07) is 5.26. The molecule has 12 heavy (non-hydrogen) atoms. The third-order valence-corrected chi connectivity index (χ3v) is 2.43. The molecule has 2 rings (SSSR count). The molecule has 0 radical (unpaired) electrons. The summed E-state index contributed by atoms with van der Waals surface area (Å²) in [5, 5.41) is 0. The largest absolute Gasteiger partial charge is 0.291 e. The van der Waals surface area contributed by atoms with Crippen LogP contribution in [-0.4, -0.2) is 12.0 Å². The van der Waals surface area contributed by atoms with Gasteiger partial charge in [0.1, 0.15) is 0 Å². The second kappa shape index (κ2) is 2.59. The summed E-state index contributed by atoms with van der Waals surface area (Å²) >= 11 is 4.10. The molecule has 0 amide bonds. The molecule has 0 saturated carbocycles. The smallest absolute Gasteiger partial charge is 0.198 e. The number of fused-ring (bicyclic) bond motifs is 1. The average Bonchev–Trinajstić information content (AvgIpc) is 2.29. The van der Waals surface area contributed by atoms with Gasteiger partial charge in [-0.1, -0.05) is 12.1 Å². The van der Waals surface area contributed by atoms with Crippen molar-refractivity contribution in [3.8, 4) is 0 Å². The molecule has 0 aliphatic heterocycles. The highest BCUT2D eigenvalue weighted by Crippen LogP contribution is 2.28. The van der Waals surface area contributed by atoms with Crippen molar-refractivity contribution in [2.24, 2.45) is 0 Å². The highest BCUT2D eigenvalue weighted by molar-refractivity contribution is 7.80. The Kier molecular flexibility index (Phi) is 1.68. The fourth-order valence-electron chi connectivity index (χ4n) is 1.48. The lowest BCUT2D eigenvalue weighted by Gasteiger charge is -1.98. The maximum Gasteiger partial charge on any atom is 0.198 e. The van der Waals surface area contributed by atoms with Gasteiger partial charge in [0, 0.05) is 16.9 Å². The molecule has 1 aromatic carbocycles. The molecule has 3 heteroatoms. The Labute approximate surface area is 75.0 Å². The molecule has 1 aromatic rings. The second-order valence-electron chi connectivity index (χ2n) is 2.85. The zero-order valence-corrected chi connectivity index (χ0v) is 7.14. The Bertz CT molecular complexity index is 348. The first-order valence-corrected chi connectivity index (χ1v) is 4.14. The Morgan fingerprint density at radius 3 is 2.92 bits per heavy atom. The van der Waals surface area contributed by atoms with Crippen LogP contribution in [0.15, 0.2) is 23.1 Å². The van der Waals surface area contributed by atoms with Crippen molar-refractivity contribution < 1.29 is 9.18 Å². The van der Waals surface area contributed by atoms with Gasteiger partial charge < -0.3 is 0 Å². The number of ketones is 1. The number of Topliss-reactive ketones (excluding diaryl/α,β-unsaturated/α-hetero) is 1. The standard InChI is InChI=1S/C9H7FOS/c10-6-4-5-2-1-3-7(12)8(5)9(6)11/h1-3,6,12H,4H2. The van der Waals surface area contributed by atoms with Gasteiger partial charge in [-0.3, -0.25) is 4.79 Å². The molecule has 1 unspecified atom stereocenters. The van der Waals surface area contributed by atoms with E-state index in [2.05, 4.69) is 12.6 Å². The molecule has 0 spiro atoms. The van der Waals surface area contributed by atoms with Gasteiger partial charge in [-0.15, -0.1) is 12.6 Å². The lowest BCUT2D eigenvalue weighted by atomic mass is 10.1. The number of thiol groups is 1. The summed E-state index contributed by atoms with van der Waals surface area (Å²) in [7, 11) is 0. The van der Waals surface area contributed by atoms with Crippen LogP contribution < -0.4 is 0 Å². The van der Waals surface area contributed by atoms with E-state index in [1.165, 1.54) is 0 Å². The minimum absolute atomic E-state index is 0.211. The second-order valence-corrected chi connectivity index (χ2v) is 3.33. The molecule has 0 fully saturated rings. The van der Waals surface area contributed by atoms with Crippen molar-refractivity contribution >= 4 is 18.4 Å². The molecule has 62 valence electrons. The Balaban J connectivity index is 2.62. The van der Waals surface area contributed by atoms with E-state index in [0.29, 0.717) is 10.5 Å². The number of carbonyl (C=O) groups is 1. The molecule has 0 saturated heterocycles. The predicted octanol–water partition coefficient (Wildman–Crippen LogP) is 2.05. The molecule has 0 heterocycles. The van der Waals surface area contributed by atoms with Crippen molar-refractivity contribution in [2.45, 2.75) is 17.5 Å². The van der Waals surface area contributed by atoms with Gasteiger partial charge in [0.25, 0.3) is 0 Å². The molecule has 1 atom stereocenters. The number of carbonyl (C=O) groups excluding carboxylic acids is 1. The van der Waals surface area contributed by atoms with E-state index < -0.39 is 12.0 Å². The van der Waals surface area contributed by atoms with Crippen LogP contribution in [0, 0.1) is 0 Å². The zero-order chi connectivity index (χ0) is 8.72. The minimum atomic E-state index is -1.35. The van der Waals surface area contributed by atoms with E-state index >= 15 is 0 Å². The number of hydrogen-bond donors (Lipinski definition) is 1. The van der Waals surface area contributed by atoms with Crippen LogP contribution in [0.3, 0.4) is 0 Å². The third-order valence-electron chi connectivity index (χ3n) is 2.06. The lowest BCUT2D eigenvalue weighted by Crippen LogP contribution is -2.08. The first-order valence-electron chi connectivity index (χ1n) is 3.69. The van der Waals surface area contributed by atoms with E-state index in [-0.39, 0.29) is 6.42 Å². The van der Waals surface area contributed by atoms with Gasteiger partial charge in [0.15, 0.2) is 12.0 Å². The van der Waals surface area contributed by atoms with Gasteiger partial charge in [-0.05, 0) is 11.6 Å². The van der Waals surface area contributed by atoms with Gasteiger partial charge >= 0.3 is 0 Å². The van der Waals surface area contributed by atoms with Gasteiger partial charge in [0.05, 0.1) is 0 Å². The fraction of sp³-hybridized carbons (Fsp3) is 0.222. The quantitative estimate of drug-likeness (QED) is 0.608. The molecule has 0 N–H and O–H groups in total. The zero-order valence-electron chi connectivity index (χ0n) is 6.25. The fourth-order valence-corrected chi connectivity index (χ4v) is 1.82. The summed E-state index contributed by atoms with van der Waals surface area (Å²) < 4.78 is 12.9. The molecular weight excluding hydrogens is 175 g/mol. The summed E-state index contributed by atoms with van der Waals surface area (Å²) in [5.41, 5.74) is 1.24. The van der Waals surface area contributed by atoms with E-state index in [0.717, 1.165) is 5.56 Å². The number of alkyl halides is 1. The molecule has 0 aromatic heterocycles. The molecule has 1 aliphatic carbocycles. The third kappa shape index (κ3) is 0.966. The minimum Gasteiger partial charge on any atom is -0.291 e. The van der Waals surface area contributed by atoms with Gasteiger partial charge in [-0.25, -0.2) is 4.39 Å². The van der Waals surface area contributed by atoms with Crippen LogP contribution in [-0.2, 0) is 6.42 Å². The Morgan fingerprint density at radius 1 is 1.50 bits per heavy atom. The maximum atomic E-state index is 12.9. The first-order chi connectivity index (χ1) is 5.70. The van der Waals surface area contributed by atoms with Crippen LogP contribution in [0.2, 0.25) is 0 Å². The Morgan fingerprint density at radius 2 is 2.25 bits per heavy atom. The van der Waals surface area contributed by atoms with Crippen molar-refractivity contribution in [3.63, 3.8) is 0 Å². The summed E-state index contributed by atoms with van der Waals surface area (Å²) in [6.07, 6.45) is -1.14. The molecular formula is C9H7FOS. The summed E-state index contributed by atoms with van der Waals surface area (Å²) in [5.74, 6) is -0.421. The molecule has 1 aliphatic rings. The van der Waals surface area contributed by atoms with Crippen molar-refractivity contribution in [1.82, 2.24) is 0 Å². The van der Waals surface area contributed by atoms with Gasteiger partial charge in [0.2, 0.25) is 0 Å². The van der Waals surface area contributed by atoms with Crippen LogP contribution in [0.4, 0.5) is 4.39 Å². The van der Waals surface area contributed by atoms with Crippen molar-refractivity contribution in [2.75, 3.05) is 0 Å². The summed E-state index contributed by atoms with van der Waals surface area (Å²) in [4.78, 5) is 11.8. The normalized spacial score (nSPS) is 21.2. The maximum absolute atomic E-state index is 12.9. The van der Waals surface area contributed by atoms with Crippen molar-refractivity contribution in [3.05, 3.63) is 29.3 Å². The van der Waals surface area contributed by atoms with Crippen LogP contribution in [0.5, 0.6) is 0 Å². The average molecular weight is 182 g/mol. The number of rotatable bonds is 0. The SMILES string of the molecule is O=C1c2c(S)cccc2CC1F. The first kappa shape index (κ1) is 7.80. The van der Waals surface area contributed by atoms with E-state index in [1.54, 1.807) is 18.2 Å². The highest BCUT2D eigenvalue weighted by Gasteiger charge is 2.31. The van der Waals surface area contributed by atoms with Gasteiger partial charge in [-0.2, -0.15) is 0 Å². The Hall–Kier alpha value is -0.830. The van der Waals surface area contributed by atoms with Crippen LogP contribution in [0.25, 0.3) is 0 Å². The molecule has 1 nitrogen and oxygen atoms in total. The van der Waals surface area contributed by atoms with Crippen LogP contribution >= 0.6 is 12.6 Å². The number of halogens is 1.